The second kappa shape index (κ2) is 7.48. The maximum Gasteiger partial charge on any atom is 0.225 e. The van der Waals surface area contributed by atoms with Crippen molar-refractivity contribution in [1.82, 2.24) is 9.97 Å². The molecule has 140 valence electrons. The summed E-state index contributed by atoms with van der Waals surface area (Å²) in [7, 11) is 0. The quantitative estimate of drug-likeness (QED) is 0.837. The summed E-state index contributed by atoms with van der Waals surface area (Å²) < 4.78 is 6.32. The summed E-state index contributed by atoms with van der Waals surface area (Å²) in [5, 5.41) is 1.07. The largest absolute Gasteiger partial charge is 0.474 e. The lowest BCUT2D eigenvalue weighted by atomic mass is 9.83. The number of carbonyl (C=O) groups is 1. The first-order valence-corrected chi connectivity index (χ1v) is 10.4. The van der Waals surface area contributed by atoms with E-state index in [0.717, 1.165) is 61.6 Å². The van der Waals surface area contributed by atoms with Crippen molar-refractivity contribution >= 4 is 27.5 Å². The standard InChI is InChI=1S/C19H26N4O2S/c20-12-5-7-13(8-6-12)25-18-17-16-11(4-9-15(21)24)2-1-3-14(16)26-19(17)23-10-22-18/h10-13H,1-9,20H2,(H2,21,24)/t11-,12?,13?/m0/s1. The summed E-state index contributed by atoms with van der Waals surface area (Å²) in [6.07, 6.45) is 10.3. The van der Waals surface area contributed by atoms with Crippen molar-refractivity contribution in [2.24, 2.45) is 11.5 Å². The van der Waals surface area contributed by atoms with Crippen LogP contribution < -0.4 is 16.2 Å². The number of hydrogen-bond donors (Lipinski definition) is 2. The number of nitrogens with two attached hydrogens (primary N) is 2. The third-order valence-electron chi connectivity index (χ3n) is 5.67. The average Bonchev–Trinajstić information content (AvgIpc) is 3.02. The summed E-state index contributed by atoms with van der Waals surface area (Å²) in [5.41, 5.74) is 12.7. The molecule has 1 fully saturated rings. The SMILES string of the molecule is NC(=O)CC[C@@H]1CCCc2sc3ncnc(OC4CCC(N)CC4)c3c21. The summed E-state index contributed by atoms with van der Waals surface area (Å²) in [4.78, 5) is 22.6. The minimum absolute atomic E-state index is 0.177. The molecule has 2 aromatic rings. The highest BCUT2D eigenvalue weighted by Gasteiger charge is 2.29. The van der Waals surface area contributed by atoms with Gasteiger partial charge in [0.05, 0.1) is 5.39 Å². The summed E-state index contributed by atoms with van der Waals surface area (Å²) in [5.74, 6) is 0.815. The van der Waals surface area contributed by atoms with Gasteiger partial charge in [-0.1, -0.05) is 0 Å². The van der Waals surface area contributed by atoms with E-state index in [9.17, 15) is 4.79 Å². The van der Waals surface area contributed by atoms with Crippen LogP contribution in [-0.2, 0) is 11.2 Å². The first-order chi connectivity index (χ1) is 12.6. The second-order valence-corrected chi connectivity index (χ2v) is 8.63. The Morgan fingerprint density at radius 3 is 2.81 bits per heavy atom. The van der Waals surface area contributed by atoms with Gasteiger partial charge in [-0.15, -0.1) is 11.3 Å². The Bertz CT molecular complexity index is 798. The van der Waals surface area contributed by atoms with Gasteiger partial charge in [0.15, 0.2) is 0 Å². The average molecular weight is 375 g/mol. The molecule has 1 saturated carbocycles. The molecule has 1 atom stereocenters. The van der Waals surface area contributed by atoms with Crippen molar-refractivity contribution in [3.05, 3.63) is 16.8 Å². The van der Waals surface area contributed by atoms with Crippen molar-refractivity contribution in [2.45, 2.75) is 75.9 Å². The van der Waals surface area contributed by atoms with E-state index in [2.05, 4.69) is 9.97 Å². The minimum atomic E-state index is -0.233. The molecule has 2 aromatic heterocycles. The third-order valence-corrected chi connectivity index (χ3v) is 6.84. The lowest BCUT2D eigenvalue weighted by Crippen LogP contribution is -2.31. The van der Waals surface area contributed by atoms with E-state index in [4.69, 9.17) is 16.2 Å². The Balaban J connectivity index is 1.66. The van der Waals surface area contributed by atoms with Crippen LogP contribution in [0.4, 0.5) is 0 Å². The predicted molar refractivity (Wildman–Crippen MR) is 102 cm³/mol. The van der Waals surface area contributed by atoms with Crippen molar-refractivity contribution in [1.29, 1.82) is 0 Å². The number of ether oxygens (including phenoxy) is 1. The van der Waals surface area contributed by atoms with E-state index < -0.39 is 0 Å². The molecule has 2 heterocycles. The Labute approximate surface area is 157 Å². The normalized spacial score (nSPS) is 25.8. The molecule has 2 aliphatic rings. The zero-order valence-corrected chi connectivity index (χ0v) is 15.8. The van der Waals surface area contributed by atoms with Gasteiger partial charge in [-0.2, -0.15) is 0 Å². The number of amides is 1. The number of rotatable bonds is 5. The molecule has 2 aliphatic carbocycles. The number of aryl methyl sites for hydroxylation is 1. The highest BCUT2D eigenvalue weighted by atomic mass is 32.1. The molecule has 26 heavy (non-hydrogen) atoms. The summed E-state index contributed by atoms with van der Waals surface area (Å²) in [6, 6.07) is 0.298. The van der Waals surface area contributed by atoms with Gasteiger partial charge in [0, 0.05) is 17.3 Å². The number of aromatic nitrogens is 2. The van der Waals surface area contributed by atoms with Crippen LogP contribution in [-0.4, -0.2) is 28.0 Å². The minimum Gasteiger partial charge on any atom is -0.474 e. The molecule has 0 saturated heterocycles. The molecule has 0 aliphatic heterocycles. The number of thiophene rings is 1. The molecule has 4 N–H and O–H groups in total. The van der Waals surface area contributed by atoms with Crippen LogP contribution in [0.25, 0.3) is 10.2 Å². The van der Waals surface area contributed by atoms with E-state index in [1.807, 2.05) is 0 Å². The third kappa shape index (κ3) is 3.55. The van der Waals surface area contributed by atoms with E-state index in [1.54, 1.807) is 17.7 Å². The predicted octanol–water partition coefficient (Wildman–Crippen LogP) is 3.03. The van der Waals surface area contributed by atoms with Crippen LogP contribution >= 0.6 is 11.3 Å². The second-order valence-electron chi connectivity index (χ2n) is 7.55. The number of hydrogen-bond acceptors (Lipinski definition) is 6. The fraction of sp³-hybridized carbons (Fsp3) is 0.632. The fourth-order valence-corrected chi connectivity index (χ4v) is 5.56. The lowest BCUT2D eigenvalue weighted by molar-refractivity contribution is -0.118. The fourth-order valence-electron chi connectivity index (χ4n) is 4.30. The van der Waals surface area contributed by atoms with Gasteiger partial charge >= 0.3 is 0 Å². The van der Waals surface area contributed by atoms with E-state index in [0.29, 0.717) is 24.3 Å². The molecule has 7 heteroatoms. The number of primary amides is 1. The van der Waals surface area contributed by atoms with E-state index >= 15 is 0 Å². The van der Waals surface area contributed by atoms with Gasteiger partial charge in [-0.05, 0) is 62.8 Å². The highest BCUT2D eigenvalue weighted by molar-refractivity contribution is 7.18. The van der Waals surface area contributed by atoms with E-state index in [-0.39, 0.29) is 12.0 Å². The number of nitrogens with zero attached hydrogens (tertiary/aromatic N) is 2. The van der Waals surface area contributed by atoms with Crippen molar-refractivity contribution in [3.63, 3.8) is 0 Å². The lowest BCUT2D eigenvalue weighted by Gasteiger charge is -2.27. The molecule has 4 rings (SSSR count). The van der Waals surface area contributed by atoms with Crippen LogP contribution in [0, 0.1) is 0 Å². The molecule has 1 amide bonds. The van der Waals surface area contributed by atoms with Crippen LogP contribution in [0.2, 0.25) is 0 Å². The monoisotopic (exact) mass is 374 g/mol. The Hall–Kier alpha value is -1.73. The Morgan fingerprint density at radius 2 is 2.04 bits per heavy atom. The van der Waals surface area contributed by atoms with Crippen LogP contribution in [0.15, 0.2) is 6.33 Å². The van der Waals surface area contributed by atoms with Gasteiger partial charge in [0.2, 0.25) is 11.8 Å². The summed E-state index contributed by atoms with van der Waals surface area (Å²) in [6.45, 7) is 0. The van der Waals surface area contributed by atoms with Gasteiger partial charge in [-0.25, -0.2) is 9.97 Å². The van der Waals surface area contributed by atoms with Gasteiger partial charge in [-0.3, -0.25) is 4.79 Å². The van der Waals surface area contributed by atoms with E-state index in [1.165, 1.54) is 10.4 Å². The number of carbonyl (C=O) groups excluding carboxylic acids is 1. The Morgan fingerprint density at radius 1 is 1.23 bits per heavy atom. The van der Waals surface area contributed by atoms with Gasteiger partial charge in [0.1, 0.15) is 17.3 Å². The molecule has 0 spiro atoms. The maximum atomic E-state index is 11.3. The molecule has 0 bridgehead atoms. The van der Waals surface area contributed by atoms with Crippen LogP contribution in [0.1, 0.15) is 67.7 Å². The molecule has 0 unspecified atom stereocenters. The first kappa shape index (κ1) is 17.7. The van der Waals surface area contributed by atoms with Crippen LogP contribution in [0.5, 0.6) is 5.88 Å². The number of fused-ring (bicyclic) bond motifs is 3. The van der Waals surface area contributed by atoms with Crippen molar-refractivity contribution in [3.8, 4) is 5.88 Å². The Kier molecular flexibility index (Phi) is 5.09. The topological polar surface area (TPSA) is 104 Å². The summed E-state index contributed by atoms with van der Waals surface area (Å²) >= 11 is 1.75. The van der Waals surface area contributed by atoms with Crippen molar-refractivity contribution in [2.75, 3.05) is 0 Å². The molecule has 0 radical (unpaired) electrons. The highest BCUT2D eigenvalue weighted by Crippen LogP contribution is 2.46. The van der Waals surface area contributed by atoms with Gasteiger partial charge in [0.25, 0.3) is 0 Å². The molecule has 6 nitrogen and oxygen atoms in total. The zero-order chi connectivity index (χ0) is 18.1. The smallest absolute Gasteiger partial charge is 0.225 e. The molecule has 0 aromatic carbocycles. The first-order valence-electron chi connectivity index (χ1n) is 9.58. The molecular formula is C19H26N4O2S. The van der Waals surface area contributed by atoms with Crippen molar-refractivity contribution < 1.29 is 9.53 Å². The maximum absolute atomic E-state index is 11.3. The zero-order valence-electron chi connectivity index (χ0n) is 14.9. The molecular weight excluding hydrogens is 348 g/mol. The van der Waals surface area contributed by atoms with Crippen LogP contribution in [0.3, 0.4) is 0 Å². The van der Waals surface area contributed by atoms with Gasteiger partial charge < -0.3 is 16.2 Å².